The van der Waals surface area contributed by atoms with Gasteiger partial charge in [0.05, 0.1) is 16.5 Å². The summed E-state index contributed by atoms with van der Waals surface area (Å²) in [6.45, 7) is 11.9. The van der Waals surface area contributed by atoms with Gasteiger partial charge in [-0.25, -0.2) is 14.6 Å². The summed E-state index contributed by atoms with van der Waals surface area (Å²) in [6.07, 6.45) is 1.48. The quantitative estimate of drug-likeness (QED) is 0.686. The van der Waals surface area contributed by atoms with E-state index >= 15 is 0 Å². The summed E-state index contributed by atoms with van der Waals surface area (Å²) >= 11 is 6.30. The smallest absolute Gasteiger partial charge is 0.163 e. The van der Waals surface area contributed by atoms with Crippen LogP contribution in [0.25, 0.3) is 22.3 Å². The van der Waals surface area contributed by atoms with Crippen molar-refractivity contribution in [1.29, 1.82) is 0 Å². The Morgan fingerprint density at radius 3 is 2.35 bits per heavy atom. The van der Waals surface area contributed by atoms with Gasteiger partial charge in [-0.2, -0.15) is 5.10 Å². The topological polar surface area (TPSA) is 78.8 Å². The van der Waals surface area contributed by atoms with Crippen LogP contribution in [0.1, 0.15) is 41.5 Å². The molecule has 2 aromatic heterocycles. The second-order valence-electron chi connectivity index (χ2n) is 5.24. The molecule has 0 spiro atoms. The predicted molar refractivity (Wildman–Crippen MR) is 110 cm³/mol. The molecule has 0 amide bonds. The largest absolute Gasteiger partial charge is 0.489 e. The summed E-state index contributed by atoms with van der Waals surface area (Å²) in [5.74, 6) is 1.04. The van der Waals surface area contributed by atoms with Gasteiger partial charge in [0, 0.05) is 12.6 Å². The van der Waals surface area contributed by atoms with Gasteiger partial charge in [-0.1, -0.05) is 39.3 Å². The van der Waals surface area contributed by atoms with Gasteiger partial charge in [0.2, 0.25) is 0 Å². The third-order valence-corrected chi connectivity index (χ3v) is 3.51. The number of nitrogens with zero attached hydrogens (tertiary/aromatic N) is 4. The van der Waals surface area contributed by atoms with Gasteiger partial charge in [0.15, 0.2) is 5.65 Å². The van der Waals surface area contributed by atoms with E-state index in [1.54, 1.807) is 4.68 Å². The number of hydrogen-bond donors (Lipinski definition) is 1. The van der Waals surface area contributed by atoms with Crippen molar-refractivity contribution in [3.63, 3.8) is 0 Å². The average molecular weight is 378 g/mol. The Hall–Kier alpha value is -2.34. The minimum Gasteiger partial charge on any atom is -0.489 e. The summed E-state index contributed by atoms with van der Waals surface area (Å²) in [6, 6.07) is 5.55. The highest BCUT2D eigenvalue weighted by Gasteiger charge is 2.16. The minimum absolute atomic E-state index is 0.0584. The Bertz CT molecular complexity index is 845. The molecule has 0 aliphatic carbocycles. The molecule has 0 atom stereocenters. The molecule has 7 heteroatoms. The highest BCUT2D eigenvalue weighted by atomic mass is 35.5. The van der Waals surface area contributed by atoms with Gasteiger partial charge in [-0.15, -0.1) is 0 Å². The Labute approximate surface area is 160 Å². The maximum atomic E-state index is 6.30. The molecule has 26 heavy (non-hydrogen) atoms. The lowest BCUT2D eigenvalue weighted by molar-refractivity contribution is 0.242. The third kappa shape index (κ3) is 4.64. The fraction of sp³-hybridized carbons (Fsp3) is 0.421. The number of aryl methyl sites for hydroxylation is 1. The summed E-state index contributed by atoms with van der Waals surface area (Å²) in [7, 11) is 1.82. The molecule has 3 rings (SSSR count). The Morgan fingerprint density at radius 1 is 1.12 bits per heavy atom. The fourth-order valence-corrected chi connectivity index (χ4v) is 2.53. The molecule has 3 aromatic rings. The second kappa shape index (κ2) is 9.97. The van der Waals surface area contributed by atoms with E-state index in [0.717, 1.165) is 10.9 Å². The Kier molecular flexibility index (Phi) is 8.32. The summed E-state index contributed by atoms with van der Waals surface area (Å²) in [5, 5.41) is 5.74. The van der Waals surface area contributed by atoms with Gasteiger partial charge >= 0.3 is 0 Å². The predicted octanol–water partition coefficient (Wildman–Crippen LogP) is 5.11. The van der Waals surface area contributed by atoms with Crippen LogP contribution in [0.5, 0.6) is 5.75 Å². The molecule has 0 unspecified atom stereocenters. The van der Waals surface area contributed by atoms with E-state index in [1.807, 2.05) is 66.8 Å². The van der Waals surface area contributed by atoms with Gasteiger partial charge in [0.25, 0.3) is 0 Å². The number of hydrogen-bond acceptors (Lipinski definition) is 5. The molecular formula is C19H28ClN5O. The van der Waals surface area contributed by atoms with Gasteiger partial charge in [-0.3, -0.25) is 0 Å². The summed E-state index contributed by atoms with van der Waals surface area (Å²) in [5.41, 5.74) is 8.20. The van der Waals surface area contributed by atoms with Crippen LogP contribution >= 0.6 is 11.6 Å². The highest BCUT2D eigenvalue weighted by Crippen LogP contribution is 2.34. The van der Waals surface area contributed by atoms with E-state index in [-0.39, 0.29) is 6.10 Å². The first kappa shape index (κ1) is 21.7. The first-order chi connectivity index (χ1) is 12.5. The minimum atomic E-state index is 0.0584. The molecule has 1 aromatic carbocycles. The van der Waals surface area contributed by atoms with E-state index in [1.165, 1.54) is 6.33 Å². The van der Waals surface area contributed by atoms with E-state index in [0.29, 0.717) is 27.9 Å². The zero-order chi connectivity index (χ0) is 19.9. The third-order valence-electron chi connectivity index (χ3n) is 3.22. The second-order valence-corrected chi connectivity index (χ2v) is 5.65. The van der Waals surface area contributed by atoms with Crippen molar-refractivity contribution < 1.29 is 4.74 Å². The normalized spacial score (nSPS) is 10.0. The van der Waals surface area contributed by atoms with Crippen LogP contribution in [-0.2, 0) is 7.05 Å². The zero-order valence-electron chi connectivity index (χ0n) is 16.5. The van der Waals surface area contributed by atoms with Crippen LogP contribution in [0.2, 0.25) is 5.02 Å². The molecule has 6 nitrogen and oxygen atoms in total. The first-order valence-electron chi connectivity index (χ1n) is 8.87. The van der Waals surface area contributed by atoms with Crippen LogP contribution in [0.3, 0.4) is 0 Å². The van der Waals surface area contributed by atoms with Crippen LogP contribution in [0.4, 0.5) is 5.82 Å². The molecule has 0 aliphatic rings. The molecule has 0 aliphatic heterocycles. The van der Waals surface area contributed by atoms with Crippen molar-refractivity contribution in [3.05, 3.63) is 29.5 Å². The number of nitrogen functional groups attached to an aromatic ring is 1. The van der Waals surface area contributed by atoms with E-state index in [2.05, 4.69) is 15.1 Å². The van der Waals surface area contributed by atoms with Crippen molar-refractivity contribution in [2.75, 3.05) is 5.73 Å². The number of ether oxygens (including phenoxy) is 1. The lowest BCUT2D eigenvalue weighted by Gasteiger charge is -2.11. The molecule has 2 N–H and O–H groups in total. The average Bonchev–Trinajstić information content (AvgIpc) is 2.98. The van der Waals surface area contributed by atoms with Crippen molar-refractivity contribution >= 4 is 28.5 Å². The lowest BCUT2D eigenvalue weighted by atomic mass is 10.1. The Balaban J connectivity index is 0.000000791. The monoisotopic (exact) mass is 377 g/mol. The molecule has 0 radical (unpaired) electrons. The molecule has 0 bridgehead atoms. The van der Waals surface area contributed by atoms with Crippen LogP contribution in [0.15, 0.2) is 24.5 Å². The van der Waals surface area contributed by atoms with Crippen molar-refractivity contribution in [1.82, 2.24) is 19.7 Å². The van der Waals surface area contributed by atoms with Crippen LogP contribution in [-0.4, -0.2) is 25.9 Å². The van der Waals surface area contributed by atoms with Gasteiger partial charge in [0.1, 0.15) is 23.6 Å². The molecule has 142 valence electrons. The van der Waals surface area contributed by atoms with E-state index < -0.39 is 0 Å². The number of anilines is 1. The first-order valence-corrected chi connectivity index (χ1v) is 9.25. The number of fused-ring (bicyclic) bond motifs is 1. The van der Waals surface area contributed by atoms with Crippen molar-refractivity contribution in [2.45, 2.75) is 47.6 Å². The number of rotatable bonds is 3. The van der Waals surface area contributed by atoms with E-state index in [4.69, 9.17) is 22.1 Å². The molecular weight excluding hydrogens is 350 g/mol. The zero-order valence-corrected chi connectivity index (χ0v) is 17.3. The standard InChI is InChI=1S/C15H16ClN5O.2C2H6/c1-8(2)22-11-5-4-9(6-10(11)16)13-12-14(17)18-7-19-15(12)21(3)20-13;2*1-2/h4-8H,1-3H3,(H2,17,18,19);2*1-2H3. The molecule has 0 saturated carbocycles. The maximum absolute atomic E-state index is 6.30. The lowest BCUT2D eigenvalue weighted by Crippen LogP contribution is -2.05. The van der Waals surface area contributed by atoms with E-state index in [9.17, 15) is 0 Å². The molecule has 2 heterocycles. The molecule has 0 saturated heterocycles. The summed E-state index contributed by atoms with van der Waals surface area (Å²) < 4.78 is 7.32. The fourth-order valence-electron chi connectivity index (χ4n) is 2.31. The Morgan fingerprint density at radius 2 is 1.77 bits per heavy atom. The van der Waals surface area contributed by atoms with Crippen LogP contribution in [0, 0.1) is 0 Å². The van der Waals surface area contributed by atoms with Gasteiger partial charge < -0.3 is 10.5 Å². The number of nitrogens with two attached hydrogens (primary N) is 1. The SMILES string of the molecule is CC.CC.CC(C)Oc1ccc(-c2nn(C)c3ncnc(N)c23)cc1Cl. The number of benzene rings is 1. The molecule has 0 fully saturated rings. The van der Waals surface area contributed by atoms with Crippen molar-refractivity contribution in [2.24, 2.45) is 7.05 Å². The van der Waals surface area contributed by atoms with Crippen LogP contribution < -0.4 is 10.5 Å². The number of halogens is 1. The summed E-state index contributed by atoms with van der Waals surface area (Å²) in [4.78, 5) is 8.26. The maximum Gasteiger partial charge on any atom is 0.163 e. The van der Waals surface area contributed by atoms with Crippen molar-refractivity contribution in [3.8, 4) is 17.0 Å². The number of aromatic nitrogens is 4. The highest BCUT2D eigenvalue weighted by molar-refractivity contribution is 6.32. The van der Waals surface area contributed by atoms with Gasteiger partial charge in [-0.05, 0) is 32.0 Å².